The summed E-state index contributed by atoms with van der Waals surface area (Å²) in [5.41, 5.74) is 0.381. The number of ether oxygens (including phenoxy) is 1. The minimum absolute atomic E-state index is 0.273. The fraction of sp³-hybridized carbons (Fsp3) is 0.611. The number of hydrogen-bond donors (Lipinski definition) is 2. The summed E-state index contributed by atoms with van der Waals surface area (Å²) in [5, 5.41) is 5.94. The number of halogens is 1. The molecule has 2 rings (SSSR count). The minimum atomic E-state index is -0.567. The van der Waals surface area contributed by atoms with Crippen molar-refractivity contribution in [2.75, 3.05) is 10.6 Å². The maximum atomic E-state index is 14.1. The van der Waals surface area contributed by atoms with E-state index in [1.807, 2.05) is 0 Å². The molecule has 1 aliphatic carbocycles. The second kappa shape index (κ2) is 7.20. The van der Waals surface area contributed by atoms with E-state index in [-0.39, 0.29) is 11.9 Å². The lowest BCUT2D eigenvalue weighted by molar-refractivity contribution is 0.0636. The van der Waals surface area contributed by atoms with Crippen LogP contribution >= 0.6 is 0 Å². The molecule has 1 aliphatic rings. The molecule has 0 spiro atoms. The Hall–Kier alpha value is -1.78. The first kappa shape index (κ1) is 17.6. The fourth-order valence-electron chi connectivity index (χ4n) is 2.87. The molecule has 4 nitrogen and oxygen atoms in total. The number of carbonyl (C=O) groups is 1. The zero-order chi connectivity index (χ0) is 17.0. The Bertz CT molecular complexity index is 554. The van der Waals surface area contributed by atoms with Gasteiger partial charge in [-0.3, -0.25) is 5.32 Å². The maximum absolute atomic E-state index is 14.1. The standard InChI is InChI=1S/C18H27FN2O2/c1-12-7-5-6-8-15(12)21-16-11-13(9-10-14(16)19)20-17(22)23-18(2,3)4/h9-12,15,21H,5-8H2,1-4H3,(H,20,22). The van der Waals surface area contributed by atoms with Crippen molar-refractivity contribution in [1.82, 2.24) is 0 Å². The zero-order valence-electron chi connectivity index (χ0n) is 14.4. The van der Waals surface area contributed by atoms with Crippen LogP contribution in [0.3, 0.4) is 0 Å². The third-order valence-corrected chi connectivity index (χ3v) is 4.06. The Morgan fingerprint density at radius 1 is 1.26 bits per heavy atom. The highest BCUT2D eigenvalue weighted by atomic mass is 19.1. The molecule has 2 atom stereocenters. The Labute approximate surface area is 137 Å². The van der Waals surface area contributed by atoms with E-state index in [1.165, 1.54) is 25.0 Å². The Morgan fingerprint density at radius 2 is 1.96 bits per heavy atom. The summed E-state index contributed by atoms with van der Waals surface area (Å²) in [4.78, 5) is 11.8. The summed E-state index contributed by atoms with van der Waals surface area (Å²) >= 11 is 0. The first-order valence-corrected chi connectivity index (χ1v) is 8.31. The van der Waals surface area contributed by atoms with Crippen LogP contribution in [0.4, 0.5) is 20.6 Å². The molecule has 1 fully saturated rings. The number of amides is 1. The van der Waals surface area contributed by atoms with Crippen molar-refractivity contribution < 1.29 is 13.9 Å². The van der Waals surface area contributed by atoms with Crippen molar-refractivity contribution in [3.05, 3.63) is 24.0 Å². The molecule has 0 radical (unpaired) electrons. The van der Waals surface area contributed by atoms with Crippen LogP contribution in [-0.4, -0.2) is 17.7 Å². The molecule has 0 heterocycles. The van der Waals surface area contributed by atoms with Crippen LogP contribution in [0.2, 0.25) is 0 Å². The van der Waals surface area contributed by atoms with E-state index in [2.05, 4.69) is 17.6 Å². The molecule has 1 aromatic carbocycles. The summed E-state index contributed by atoms with van der Waals surface area (Å²) < 4.78 is 19.3. The van der Waals surface area contributed by atoms with E-state index in [0.29, 0.717) is 17.3 Å². The second-order valence-electron chi connectivity index (χ2n) is 7.33. The van der Waals surface area contributed by atoms with Gasteiger partial charge in [-0.1, -0.05) is 19.8 Å². The first-order chi connectivity index (χ1) is 10.7. The van der Waals surface area contributed by atoms with Gasteiger partial charge in [0.05, 0.1) is 5.69 Å². The first-order valence-electron chi connectivity index (χ1n) is 8.31. The monoisotopic (exact) mass is 322 g/mol. The van der Waals surface area contributed by atoms with E-state index < -0.39 is 11.7 Å². The molecule has 2 unspecified atom stereocenters. The minimum Gasteiger partial charge on any atom is -0.444 e. The van der Waals surface area contributed by atoms with E-state index in [9.17, 15) is 9.18 Å². The normalized spacial score (nSPS) is 21.6. The van der Waals surface area contributed by atoms with E-state index in [4.69, 9.17) is 4.74 Å². The van der Waals surface area contributed by atoms with Crippen molar-refractivity contribution in [3.63, 3.8) is 0 Å². The highest BCUT2D eigenvalue weighted by molar-refractivity contribution is 5.85. The molecule has 0 aliphatic heterocycles. The van der Waals surface area contributed by atoms with Gasteiger partial charge < -0.3 is 10.1 Å². The van der Waals surface area contributed by atoms with Gasteiger partial charge in [0, 0.05) is 11.7 Å². The van der Waals surface area contributed by atoms with Gasteiger partial charge >= 0.3 is 6.09 Å². The van der Waals surface area contributed by atoms with Gasteiger partial charge in [-0.05, 0) is 57.7 Å². The average molecular weight is 322 g/mol. The van der Waals surface area contributed by atoms with Gasteiger partial charge in [0.25, 0.3) is 0 Å². The fourth-order valence-corrected chi connectivity index (χ4v) is 2.87. The molecule has 0 aromatic heterocycles. The van der Waals surface area contributed by atoms with Gasteiger partial charge in [0.2, 0.25) is 0 Å². The molecular weight excluding hydrogens is 295 g/mol. The summed E-state index contributed by atoms with van der Waals surface area (Å²) in [6, 6.07) is 4.80. The molecule has 0 saturated heterocycles. The summed E-state index contributed by atoms with van der Waals surface area (Å²) in [6.45, 7) is 7.59. The molecule has 1 saturated carbocycles. The van der Waals surface area contributed by atoms with Crippen LogP contribution in [0.25, 0.3) is 0 Å². The zero-order valence-corrected chi connectivity index (χ0v) is 14.4. The molecule has 2 N–H and O–H groups in total. The van der Waals surface area contributed by atoms with Crippen LogP contribution in [0.15, 0.2) is 18.2 Å². The van der Waals surface area contributed by atoms with Crippen molar-refractivity contribution in [3.8, 4) is 0 Å². The number of carbonyl (C=O) groups excluding carboxylic acids is 1. The predicted molar refractivity (Wildman–Crippen MR) is 91.3 cm³/mol. The van der Waals surface area contributed by atoms with Crippen LogP contribution < -0.4 is 10.6 Å². The lowest BCUT2D eigenvalue weighted by Crippen LogP contribution is -2.30. The number of anilines is 2. The molecule has 23 heavy (non-hydrogen) atoms. The quantitative estimate of drug-likeness (QED) is 0.808. The van der Waals surface area contributed by atoms with Gasteiger partial charge in [-0.2, -0.15) is 0 Å². The molecule has 1 aromatic rings. The Balaban J connectivity index is 2.05. The molecule has 1 amide bonds. The van der Waals surface area contributed by atoms with Gasteiger partial charge in [0.1, 0.15) is 11.4 Å². The predicted octanol–water partition coefficient (Wildman–Crippen LogP) is 5.16. The second-order valence-corrected chi connectivity index (χ2v) is 7.33. The van der Waals surface area contributed by atoms with E-state index in [1.54, 1.807) is 26.8 Å². The van der Waals surface area contributed by atoms with E-state index >= 15 is 0 Å². The van der Waals surface area contributed by atoms with Crippen molar-refractivity contribution in [1.29, 1.82) is 0 Å². The van der Waals surface area contributed by atoms with E-state index in [0.717, 1.165) is 12.8 Å². The SMILES string of the molecule is CC1CCCCC1Nc1cc(NC(=O)OC(C)(C)C)ccc1F. The van der Waals surface area contributed by atoms with Crippen LogP contribution in [0, 0.1) is 11.7 Å². The molecular formula is C18H27FN2O2. The Morgan fingerprint density at radius 3 is 2.61 bits per heavy atom. The molecule has 0 bridgehead atoms. The smallest absolute Gasteiger partial charge is 0.412 e. The van der Waals surface area contributed by atoms with Crippen molar-refractivity contribution in [2.45, 2.75) is 65.0 Å². The van der Waals surface area contributed by atoms with Crippen molar-refractivity contribution in [2.24, 2.45) is 5.92 Å². The number of rotatable bonds is 3. The van der Waals surface area contributed by atoms with Gasteiger partial charge in [-0.25, -0.2) is 9.18 Å². The van der Waals surface area contributed by atoms with Gasteiger partial charge in [-0.15, -0.1) is 0 Å². The molecule has 5 heteroatoms. The number of nitrogens with one attached hydrogen (secondary N) is 2. The number of hydrogen-bond acceptors (Lipinski definition) is 3. The van der Waals surface area contributed by atoms with Gasteiger partial charge in [0.15, 0.2) is 0 Å². The largest absolute Gasteiger partial charge is 0.444 e. The van der Waals surface area contributed by atoms with Crippen LogP contribution in [0.1, 0.15) is 53.4 Å². The average Bonchev–Trinajstić information content (AvgIpc) is 2.43. The lowest BCUT2D eigenvalue weighted by atomic mass is 9.86. The third kappa shape index (κ3) is 5.41. The van der Waals surface area contributed by atoms with Crippen LogP contribution in [-0.2, 0) is 4.74 Å². The topological polar surface area (TPSA) is 50.4 Å². The Kier molecular flexibility index (Phi) is 5.50. The summed E-state index contributed by atoms with van der Waals surface area (Å²) in [6.07, 6.45) is 4.07. The molecule has 128 valence electrons. The maximum Gasteiger partial charge on any atom is 0.412 e. The highest BCUT2D eigenvalue weighted by Gasteiger charge is 2.22. The van der Waals surface area contributed by atoms with Crippen molar-refractivity contribution >= 4 is 17.5 Å². The summed E-state index contributed by atoms with van der Waals surface area (Å²) in [7, 11) is 0. The number of benzene rings is 1. The van der Waals surface area contributed by atoms with Crippen LogP contribution in [0.5, 0.6) is 0 Å². The third-order valence-electron chi connectivity index (χ3n) is 4.06. The lowest BCUT2D eigenvalue weighted by Gasteiger charge is -2.30. The summed E-state index contributed by atoms with van der Waals surface area (Å²) in [5.74, 6) is 0.211. The highest BCUT2D eigenvalue weighted by Crippen LogP contribution is 2.29.